The Morgan fingerprint density at radius 1 is 1.14 bits per heavy atom. The van der Waals surface area contributed by atoms with E-state index in [1.54, 1.807) is 18.0 Å². The SMILES string of the molecule is CC(C)c1nnc(SCC(=O)Nc2cccc(CSc3ccccn3)c2)n1C. The molecule has 0 unspecified atom stereocenters. The van der Waals surface area contributed by atoms with E-state index < -0.39 is 0 Å². The van der Waals surface area contributed by atoms with Crippen LogP contribution < -0.4 is 5.32 Å². The predicted octanol–water partition coefficient (Wildman–Crippen LogP) is 4.36. The van der Waals surface area contributed by atoms with Gasteiger partial charge >= 0.3 is 0 Å². The standard InChI is InChI=1S/C20H23N5OS2/c1-14(2)19-23-24-20(25(19)3)28-13-17(26)22-16-8-6-7-15(11-16)12-27-18-9-4-5-10-21-18/h4-11,14H,12-13H2,1-3H3,(H,22,26). The van der Waals surface area contributed by atoms with E-state index in [1.165, 1.54) is 11.8 Å². The number of pyridine rings is 1. The van der Waals surface area contributed by atoms with Crippen molar-refractivity contribution < 1.29 is 4.79 Å². The van der Waals surface area contributed by atoms with E-state index in [0.717, 1.165) is 33.0 Å². The van der Waals surface area contributed by atoms with Crippen molar-refractivity contribution in [3.05, 3.63) is 60.0 Å². The molecule has 8 heteroatoms. The monoisotopic (exact) mass is 413 g/mol. The Bertz CT molecular complexity index is 927. The second-order valence-electron chi connectivity index (χ2n) is 6.55. The number of thioether (sulfide) groups is 2. The zero-order chi connectivity index (χ0) is 19.9. The number of carbonyl (C=O) groups is 1. The van der Waals surface area contributed by atoms with E-state index in [4.69, 9.17) is 0 Å². The topological polar surface area (TPSA) is 72.7 Å². The molecule has 0 spiro atoms. The summed E-state index contributed by atoms with van der Waals surface area (Å²) in [7, 11) is 1.93. The Hall–Kier alpha value is -2.32. The van der Waals surface area contributed by atoms with Gasteiger partial charge in [-0.2, -0.15) is 0 Å². The van der Waals surface area contributed by atoms with E-state index in [9.17, 15) is 4.79 Å². The molecule has 2 heterocycles. The fraction of sp³-hybridized carbons (Fsp3) is 0.300. The number of aromatic nitrogens is 4. The van der Waals surface area contributed by atoms with Gasteiger partial charge in [-0.3, -0.25) is 4.79 Å². The first-order chi connectivity index (χ1) is 13.5. The molecule has 0 aliphatic carbocycles. The number of hydrogen-bond acceptors (Lipinski definition) is 6. The average Bonchev–Trinajstić information content (AvgIpc) is 3.06. The van der Waals surface area contributed by atoms with Crippen LogP contribution in [0.15, 0.2) is 58.8 Å². The first kappa shape index (κ1) is 20.4. The highest BCUT2D eigenvalue weighted by molar-refractivity contribution is 7.99. The fourth-order valence-corrected chi connectivity index (χ4v) is 4.13. The van der Waals surface area contributed by atoms with E-state index in [1.807, 2.05) is 54.1 Å². The number of rotatable bonds is 8. The number of nitrogens with zero attached hydrogens (tertiary/aromatic N) is 4. The lowest BCUT2D eigenvalue weighted by molar-refractivity contribution is -0.113. The minimum absolute atomic E-state index is 0.0615. The number of benzene rings is 1. The molecule has 1 aromatic carbocycles. The highest BCUT2D eigenvalue weighted by Gasteiger charge is 2.13. The van der Waals surface area contributed by atoms with Gasteiger partial charge in [-0.05, 0) is 29.8 Å². The summed E-state index contributed by atoms with van der Waals surface area (Å²) in [6.45, 7) is 4.15. The maximum atomic E-state index is 12.3. The van der Waals surface area contributed by atoms with Gasteiger partial charge in [0, 0.05) is 30.6 Å². The zero-order valence-electron chi connectivity index (χ0n) is 16.1. The van der Waals surface area contributed by atoms with Crippen LogP contribution in [-0.2, 0) is 17.6 Å². The average molecular weight is 414 g/mol. The third-order valence-electron chi connectivity index (χ3n) is 3.95. The summed E-state index contributed by atoms with van der Waals surface area (Å²) in [4.78, 5) is 16.6. The highest BCUT2D eigenvalue weighted by Crippen LogP contribution is 2.23. The maximum absolute atomic E-state index is 12.3. The molecule has 0 fully saturated rings. The number of amides is 1. The first-order valence-electron chi connectivity index (χ1n) is 8.97. The predicted molar refractivity (Wildman–Crippen MR) is 115 cm³/mol. The van der Waals surface area contributed by atoms with Gasteiger partial charge in [-0.25, -0.2) is 4.98 Å². The summed E-state index contributed by atoms with van der Waals surface area (Å²) >= 11 is 3.06. The Morgan fingerprint density at radius 3 is 2.71 bits per heavy atom. The Kier molecular flexibility index (Phi) is 7.11. The maximum Gasteiger partial charge on any atom is 0.234 e. The molecule has 0 radical (unpaired) electrons. The molecule has 28 heavy (non-hydrogen) atoms. The van der Waals surface area contributed by atoms with E-state index in [0.29, 0.717) is 5.92 Å². The van der Waals surface area contributed by atoms with Gasteiger partial charge in [0.25, 0.3) is 0 Å². The summed E-state index contributed by atoms with van der Waals surface area (Å²) < 4.78 is 1.94. The van der Waals surface area contributed by atoms with Crippen LogP contribution in [0.2, 0.25) is 0 Å². The van der Waals surface area contributed by atoms with Crippen molar-refractivity contribution in [3.63, 3.8) is 0 Å². The third kappa shape index (κ3) is 5.59. The molecule has 146 valence electrons. The van der Waals surface area contributed by atoms with E-state index >= 15 is 0 Å². The van der Waals surface area contributed by atoms with Crippen LogP contribution in [-0.4, -0.2) is 31.4 Å². The molecule has 0 saturated carbocycles. The molecule has 0 saturated heterocycles. The molecular weight excluding hydrogens is 390 g/mol. The molecule has 1 N–H and O–H groups in total. The van der Waals surface area contributed by atoms with Gasteiger partial charge in [0.05, 0.1) is 10.8 Å². The Morgan fingerprint density at radius 2 is 2.00 bits per heavy atom. The van der Waals surface area contributed by atoms with Crippen LogP contribution in [0.4, 0.5) is 5.69 Å². The molecule has 1 amide bonds. The minimum atomic E-state index is -0.0615. The van der Waals surface area contributed by atoms with Crippen LogP contribution in [0.5, 0.6) is 0 Å². The number of carbonyl (C=O) groups excluding carboxylic acids is 1. The lowest BCUT2D eigenvalue weighted by Gasteiger charge is -2.08. The quantitative estimate of drug-likeness (QED) is 0.553. The minimum Gasteiger partial charge on any atom is -0.325 e. The van der Waals surface area contributed by atoms with Crippen molar-refractivity contribution in [2.45, 2.75) is 35.7 Å². The third-order valence-corrected chi connectivity index (χ3v) is 5.99. The number of anilines is 1. The number of hydrogen-bond donors (Lipinski definition) is 1. The van der Waals surface area contributed by atoms with Crippen LogP contribution in [0.25, 0.3) is 0 Å². The normalized spacial score (nSPS) is 11.0. The van der Waals surface area contributed by atoms with Gasteiger partial charge in [0.15, 0.2) is 5.16 Å². The molecule has 2 aromatic heterocycles. The molecular formula is C20H23N5OS2. The van der Waals surface area contributed by atoms with Gasteiger partial charge in [-0.1, -0.05) is 43.8 Å². The summed E-state index contributed by atoms with van der Waals surface area (Å²) in [5.74, 6) is 2.24. The summed E-state index contributed by atoms with van der Waals surface area (Å²) in [5, 5.41) is 13.0. The second kappa shape index (κ2) is 9.75. The summed E-state index contributed by atoms with van der Waals surface area (Å²) in [6, 6.07) is 13.8. The molecule has 0 atom stereocenters. The largest absolute Gasteiger partial charge is 0.325 e. The fourth-order valence-electron chi connectivity index (χ4n) is 2.61. The number of nitrogens with one attached hydrogen (secondary N) is 1. The molecule has 0 bridgehead atoms. The van der Waals surface area contributed by atoms with Gasteiger partial charge in [-0.15, -0.1) is 22.0 Å². The van der Waals surface area contributed by atoms with E-state index in [2.05, 4.69) is 34.3 Å². The van der Waals surface area contributed by atoms with Crippen molar-refractivity contribution in [2.24, 2.45) is 7.05 Å². The van der Waals surface area contributed by atoms with Crippen LogP contribution in [0.1, 0.15) is 31.2 Å². The zero-order valence-corrected chi connectivity index (χ0v) is 17.8. The summed E-state index contributed by atoms with van der Waals surface area (Å²) in [6.07, 6.45) is 1.79. The summed E-state index contributed by atoms with van der Waals surface area (Å²) in [5.41, 5.74) is 1.93. The van der Waals surface area contributed by atoms with Crippen LogP contribution >= 0.6 is 23.5 Å². The van der Waals surface area contributed by atoms with Crippen molar-refractivity contribution in [2.75, 3.05) is 11.1 Å². The molecule has 0 aliphatic rings. The van der Waals surface area contributed by atoms with Crippen LogP contribution in [0, 0.1) is 0 Å². The molecule has 0 aliphatic heterocycles. The smallest absolute Gasteiger partial charge is 0.234 e. The lowest BCUT2D eigenvalue weighted by atomic mass is 10.2. The van der Waals surface area contributed by atoms with Crippen molar-refractivity contribution in [1.82, 2.24) is 19.7 Å². The van der Waals surface area contributed by atoms with Crippen LogP contribution in [0.3, 0.4) is 0 Å². The second-order valence-corrected chi connectivity index (χ2v) is 8.49. The van der Waals surface area contributed by atoms with Crippen molar-refractivity contribution in [1.29, 1.82) is 0 Å². The Labute approximate surface area is 173 Å². The highest BCUT2D eigenvalue weighted by atomic mass is 32.2. The van der Waals surface area contributed by atoms with Crippen molar-refractivity contribution >= 4 is 35.1 Å². The van der Waals surface area contributed by atoms with Crippen molar-refractivity contribution in [3.8, 4) is 0 Å². The molecule has 3 rings (SSSR count). The Balaban J connectivity index is 1.53. The van der Waals surface area contributed by atoms with Gasteiger partial charge in [0.1, 0.15) is 5.82 Å². The molecule has 3 aromatic rings. The molecule has 6 nitrogen and oxygen atoms in total. The lowest BCUT2D eigenvalue weighted by Crippen LogP contribution is -2.14. The van der Waals surface area contributed by atoms with Gasteiger partial charge < -0.3 is 9.88 Å². The first-order valence-corrected chi connectivity index (χ1v) is 10.9. The van der Waals surface area contributed by atoms with Gasteiger partial charge in [0.2, 0.25) is 5.91 Å². The van der Waals surface area contributed by atoms with E-state index in [-0.39, 0.29) is 11.7 Å².